The first-order chi connectivity index (χ1) is 10.2. The molecule has 2 aromatic rings. The molecule has 0 heterocycles. The first-order valence-corrected chi connectivity index (χ1v) is 7.82. The lowest BCUT2D eigenvalue weighted by Crippen LogP contribution is -2.09. The van der Waals surface area contributed by atoms with E-state index in [1.54, 1.807) is 0 Å². The topological polar surface area (TPSA) is 9.23 Å². The largest absolute Gasteiger partial charge is 0.340 e. The standard InChI is InChI=1S/C18H12Br2O/c1-3-17(13-9-5-7-11-15(13)19)21-18(4-2)14-10-6-8-12-16(14)20/h1-2,5-12,17-18H. The predicted molar refractivity (Wildman–Crippen MR) is 92.5 cm³/mol. The fourth-order valence-corrected chi connectivity index (χ4v) is 2.90. The van der Waals surface area contributed by atoms with Gasteiger partial charge < -0.3 is 4.74 Å². The van der Waals surface area contributed by atoms with Crippen molar-refractivity contribution in [2.45, 2.75) is 12.2 Å². The number of terminal acetylenes is 2. The van der Waals surface area contributed by atoms with Crippen LogP contribution < -0.4 is 0 Å². The minimum atomic E-state index is -0.520. The van der Waals surface area contributed by atoms with E-state index in [1.165, 1.54) is 0 Å². The molecule has 104 valence electrons. The maximum absolute atomic E-state index is 5.95. The minimum absolute atomic E-state index is 0.520. The molecule has 2 rings (SSSR count). The second-order valence-corrected chi connectivity index (χ2v) is 5.98. The number of ether oxygens (including phenoxy) is 1. The molecule has 0 radical (unpaired) electrons. The first kappa shape index (κ1) is 15.9. The molecule has 0 bridgehead atoms. The van der Waals surface area contributed by atoms with Gasteiger partial charge in [0.15, 0.2) is 0 Å². The van der Waals surface area contributed by atoms with Gasteiger partial charge in [-0.1, -0.05) is 80.1 Å². The van der Waals surface area contributed by atoms with Gasteiger partial charge in [0.05, 0.1) is 0 Å². The molecule has 1 nitrogen and oxygen atoms in total. The van der Waals surface area contributed by atoms with Crippen molar-refractivity contribution in [3.05, 3.63) is 68.6 Å². The van der Waals surface area contributed by atoms with Gasteiger partial charge in [-0.25, -0.2) is 0 Å². The van der Waals surface area contributed by atoms with Crippen LogP contribution in [0.3, 0.4) is 0 Å². The summed E-state index contributed by atoms with van der Waals surface area (Å²) in [6.45, 7) is 0. The maximum atomic E-state index is 5.95. The maximum Gasteiger partial charge on any atom is 0.146 e. The van der Waals surface area contributed by atoms with Gasteiger partial charge in [-0.15, -0.1) is 12.8 Å². The van der Waals surface area contributed by atoms with Crippen LogP contribution >= 0.6 is 31.9 Å². The van der Waals surface area contributed by atoms with Gasteiger partial charge in [-0.05, 0) is 12.1 Å². The van der Waals surface area contributed by atoms with Gasteiger partial charge in [0.2, 0.25) is 0 Å². The Kier molecular flexibility index (Phi) is 5.65. The molecule has 3 heteroatoms. The van der Waals surface area contributed by atoms with E-state index in [9.17, 15) is 0 Å². The molecule has 0 saturated carbocycles. The highest BCUT2D eigenvalue weighted by Crippen LogP contribution is 2.32. The lowest BCUT2D eigenvalue weighted by atomic mass is 10.1. The Morgan fingerprint density at radius 1 is 0.762 bits per heavy atom. The second-order valence-electron chi connectivity index (χ2n) is 4.27. The predicted octanol–water partition coefficient (Wildman–Crippen LogP) is 5.28. The van der Waals surface area contributed by atoms with Crippen LogP contribution in [0.4, 0.5) is 0 Å². The highest BCUT2D eigenvalue weighted by atomic mass is 79.9. The summed E-state index contributed by atoms with van der Waals surface area (Å²) in [7, 11) is 0. The van der Waals surface area contributed by atoms with E-state index in [2.05, 4.69) is 43.7 Å². The molecule has 0 aromatic heterocycles. The number of rotatable bonds is 4. The Morgan fingerprint density at radius 3 is 1.48 bits per heavy atom. The summed E-state index contributed by atoms with van der Waals surface area (Å²) >= 11 is 6.97. The number of benzene rings is 2. The van der Waals surface area contributed by atoms with Crippen molar-refractivity contribution in [1.82, 2.24) is 0 Å². The lowest BCUT2D eigenvalue weighted by Gasteiger charge is -2.20. The summed E-state index contributed by atoms with van der Waals surface area (Å²) in [6.07, 6.45) is 10.2. The average Bonchev–Trinajstić information content (AvgIpc) is 2.51. The Labute approximate surface area is 142 Å². The van der Waals surface area contributed by atoms with Crippen molar-refractivity contribution in [3.8, 4) is 24.7 Å². The van der Waals surface area contributed by atoms with Crippen LogP contribution in [0.25, 0.3) is 0 Å². The van der Waals surface area contributed by atoms with Crippen LogP contribution in [-0.4, -0.2) is 0 Å². The zero-order valence-corrected chi connectivity index (χ0v) is 14.3. The van der Waals surface area contributed by atoms with Gasteiger partial charge in [-0.2, -0.15) is 0 Å². The van der Waals surface area contributed by atoms with Crippen molar-refractivity contribution in [1.29, 1.82) is 0 Å². The number of hydrogen-bond acceptors (Lipinski definition) is 1. The normalized spacial score (nSPS) is 13.0. The highest BCUT2D eigenvalue weighted by Gasteiger charge is 2.19. The SMILES string of the molecule is C#CC(OC(C#C)c1ccccc1Br)c1ccccc1Br. The van der Waals surface area contributed by atoms with Crippen molar-refractivity contribution in [2.75, 3.05) is 0 Å². The van der Waals surface area contributed by atoms with Crippen molar-refractivity contribution >= 4 is 31.9 Å². The fourth-order valence-electron chi connectivity index (χ4n) is 1.92. The minimum Gasteiger partial charge on any atom is -0.340 e. The molecule has 0 N–H and O–H groups in total. The highest BCUT2D eigenvalue weighted by molar-refractivity contribution is 9.10. The first-order valence-electron chi connectivity index (χ1n) is 6.24. The van der Waals surface area contributed by atoms with Crippen LogP contribution in [0.15, 0.2) is 57.5 Å². The van der Waals surface area contributed by atoms with Crippen LogP contribution in [0.1, 0.15) is 23.3 Å². The summed E-state index contributed by atoms with van der Waals surface area (Å²) in [4.78, 5) is 0. The zero-order chi connectivity index (χ0) is 15.2. The second kappa shape index (κ2) is 7.48. The molecule has 21 heavy (non-hydrogen) atoms. The Bertz CT molecular complexity index is 648. The summed E-state index contributed by atoms with van der Waals surface area (Å²) in [5.41, 5.74) is 1.76. The molecule has 0 aliphatic heterocycles. The zero-order valence-electron chi connectivity index (χ0n) is 11.1. The fraction of sp³-hybridized carbons (Fsp3) is 0.111. The van der Waals surface area contributed by atoms with Gasteiger partial charge >= 0.3 is 0 Å². The van der Waals surface area contributed by atoms with Gasteiger partial charge in [0, 0.05) is 20.1 Å². The molecule has 0 aliphatic carbocycles. The van der Waals surface area contributed by atoms with E-state index >= 15 is 0 Å². The molecule has 0 fully saturated rings. The van der Waals surface area contributed by atoms with Gasteiger partial charge in [0.1, 0.15) is 12.2 Å². The van der Waals surface area contributed by atoms with Crippen LogP contribution in [0, 0.1) is 24.7 Å². The van der Waals surface area contributed by atoms with E-state index < -0.39 is 12.2 Å². The molecule has 0 spiro atoms. The van der Waals surface area contributed by atoms with Crippen molar-refractivity contribution < 1.29 is 4.74 Å². The number of hydrogen-bond donors (Lipinski definition) is 0. The van der Waals surface area contributed by atoms with Gasteiger partial charge in [-0.3, -0.25) is 0 Å². The van der Waals surface area contributed by atoms with E-state index in [0.29, 0.717) is 0 Å². The molecule has 0 aliphatic rings. The van der Waals surface area contributed by atoms with Crippen LogP contribution in [0.5, 0.6) is 0 Å². The summed E-state index contributed by atoms with van der Waals surface area (Å²) in [5, 5.41) is 0. The third-order valence-corrected chi connectivity index (χ3v) is 4.39. The number of halogens is 2. The Morgan fingerprint density at radius 2 is 1.14 bits per heavy atom. The third kappa shape index (κ3) is 3.77. The van der Waals surface area contributed by atoms with E-state index in [-0.39, 0.29) is 0 Å². The third-order valence-electron chi connectivity index (χ3n) is 2.95. The molecular weight excluding hydrogens is 392 g/mol. The van der Waals surface area contributed by atoms with E-state index in [0.717, 1.165) is 20.1 Å². The Balaban J connectivity index is 2.30. The molecular formula is C18H12Br2O. The van der Waals surface area contributed by atoms with Crippen molar-refractivity contribution in [3.63, 3.8) is 0 Å². The molecule has 2 unspecified atom stereocenters. The quantitative estimate of drug-likeness (QED) is 0.631. The van der Waals surface area contributed by atoms with E-state index in [4.69, 9.17) is 17.6 Å². The molecule has 2 aromatic carbocycles. The molecule has 2 atom stereocenters. The van der Waals surface area contributed by atoms with Crippen LogP contribution in [0.2, 0.25) is 0 Å². The smallest absolute Gasteiger partial charge is 0.146 e. The lowest BCUT2D eigenvalue weighted by molar-refractivity contribution is 0.0508. The van der Waals surface area contributed by atoms with Crippen LogP contribution in [-0.2, 0) is 4.74 Å². The molecule has 0 saturated heterocycles. The Hall–Kier alpha value is -1.52. The average molecular weight is 404 g/mol. The summed E-state index contributed by atoms with van der Waals surface area (Å²) in [6, 6.07) is 15.4. The molecule has 0 amide bonds. The van der Waals surface area contributed by atoms with E-state index in [1.807, 2.05) is 48.5 Å². The monoisotopic (exact) mass is 402 g/mol. The summed E-state index contributed by atoms with van der Waals surface area (Å²) < 4.78 is 7.75. The van der Waals surface area contributed by atoms with Gasteiger partial charge in [0.25, 0.3) is 0 Å². The van der Waals surface area contributed by atoms with Crippen molar-refractivity contribution in [2.24, 2.45) is 0 Å². The summed E-state index contributed by atoms with van der Waals surface area (Å²) in [5.74, 6) is 5.30.